The lowest BCUT2D eigenvalue weighted by Gasteiger charge is -2.26. The third kappa shape index (κ3) is 2.38. The second kappa shape index (κ2) is 4.93. The molecule has 0 spiro atoms. The van der Waals surface area contributed by atoms with E-state index in [0.29, 0.717) is 24.7 Å². The van der Waals surface area contributed by atoms with E-state index < -0.39 is 10.0 Å². The summed E-state index contributed by atoms with van der Waals surface area (Å²) in [6, 6.07) is 4.95. The molecule has 1 saturated carbocycles. The van der Waals surface area contributed by atoms with Crippen LogP contribution in [-0.4, -0.2) is 38.0 Å². The summed E-state index contributed by atoms with van der Waals surface area (Å²) >= 11 is 0. The largest absolute Gasteiger partial charge is 0.486 e. The van der Waals surface area contributed by atoms with Crippen LogP contribution < -0.4 is 9.47 Å². The lowest BCUT2D eigenvalue weighted by atomic mass is 10.3. The normalized spacial score (nSPS) is 18.6. The molecule has 2 aliphatic rings. The summed E-state index contributed by atoms with van der Waals surface area (Å²) in [4.78, 5) is 0.280. The van der Waals surface area contributed by atoms with E-state index >= 15 is 0 Å². The van der Waals surface area contributed by atoms with Crippen LogP contribution in [-0.2, 0) is 10.0 Å². The Morgan fingerprint density at radius 2 is 1.80 bits per heavy atom. The monoisotopic (exact) mass is 297 g/mol. The van der Waals surface area contributed by atoms with Crippen molar-refractivity contribution in [2.75, 3.05) is 13.2 Å². The molecule has 1 aromatic rings. The first-order valence-corrected chi connectivity index (χ1v) is 8.37. The lowest BCUT2D eigenvalue weighted by Crippen LogP contribution is -2.38. The van der Waals surface area contributed by atoms with Gasteiger partial charge in [0.05, 0.1) is 4.90 Å². The van der Waals surface area contributed by atoms with Gasteiger partial charge in [-0.3, -0.25) is 0 Å². The van der Waals surface area contributed by atoms with Gasteiger partial charge >= 0.3 is 0 Å². The highest BCUT2D eigenvalue weighted by Gasteiger charge is 2.40. The average Bonchev–Trinajstić information content (AvgIpc) is 3.22. The SMILES string of the molecule is CC(C)N(C1CC1)S(=O)(=O)c1ccc2c(c1)OCCO2. The van der Waals surface area contributed by atoms with Crippen molar-refractivity contribution in [1.29, 1.82) is 0 Å². The standard InChI is InChI=1S/C14H19NO4S/c1-10(2)15(11-3-4-11)20(16,17)12-5-6-13-14(9-12)19-8-7-18-13/h5-6,9-11H,3-4,7-8H2,1-2H3. The molecule has 0 unspecified atom stereocenters. The second-order valence-electron chi connectivity index (χ2n) is 5.47. The Morgan fingerprint density at radius 3 is 2.40 bits per heavy atom. The molecule has 1 aliphatic carbocycles. The molecule has 0 atom stereocenters. The molecular weight excluding hydrogens is 278 g/mol. The molecule has 0 amide bonds. The summed E-state index contributed by atoms with van der Waals surface area (Å²) in [6.07, 6.45) is 1.89. The van der Waals surface area contributed by atoms with Gasteiger partial charge in [-0.05, 0) is 38.8 Å². The third-order valence-electron chi connectivity index (χ3n) is 3.50. The van der Waals surface area contributed by atoms with Gasteiger partial charge in [0.25, 0.3) is 0 Å². The molecule has 1 aromatic carbocycles. The van der Waals surface area contributed by atoms with Gasteiger partial charge in [-0.2, -0.15) is 4.31 Å². The maximum atomic E-state index is 12.8. The van der Waals surface area contributed by atoms with Gasteiger partial charge in [-0.15, -0.1) is 0 Å². The quantitative estimate of drug-likeness (QED) is 0.853. The molecule has 5 nitrogen and oxygen atoms in total. The van der Waals surface area contributed by atoms with E-state index in [-0.39, 0.29) is 17.0 Å². The molecule has 110 valence electrons. The van der Waals surface area contributed by atoms with Gasteiger partial charge in [0.1, 0.15) is 13.2 Å². The predicted molar refractivity (Wildman–Crippen MR) is 74.6 cm³/mol. The summed E-state index contributed by atoms with van der Waals surface area (Å²) in [5.74, 6) is 1.12. The van der Waals surface area contributed by atoms with Crippen molar-refractivity contribution in [2.24, 2.45) is 0 Å². The summed E-state index contributed by atoms with van der Waals surface area (Å²) in [7, 11) is -3.47. The molecule has 3 rings (SSSR count). The van der Waals surface area contributed by atoms with Gasteiger partial charge in [0.15, 0.2) is 11.5 Å². The molecule has 0 saturated heterocycles. The van der Waals surface area contributed by atoms with E-state index in [1.54, 1.807) is 22.5 Å². The fourth-order valence-electron chi connectivity index (χ4n) is 2.53. The van der Waals surface area contributed by atoms with Crippen LogP contribution in [0.5, 0.6) is 11.5 Å². The highest BCUT2D eigenvalue weighted by Crippen LogP contribution is 2.37. The lowest BCUT2D eigenvalue weighted by molar-refractivity contribution is 0.171. The molecule has 6 heteroatoms. The molecular formula is C14H19NO4S. The number of hydrogen-bond acceptors (Lipinski definition) is 4. The zero-order chi connectivity index (χ0) is 14.3. The van der Waals surface area contributed by atoms with Crippen LogP contribution in [0.15, 0.2) is 23.1 Å². The minimum atomic E-state index is -3.47. The second-order valence-corrected chi connectivity index (χ2v) is 7.31. The minimum absolute atomic E-state index is 0.0410. The number of sulfonamides is 1. The van der Waals surface area contributed by atoms with E-state index in [9.17, 15) is 8.42 Å². The first-order valence-electron chi connectivity index (χ1n) is 6.93. The molecule has 1 fully saturated rings. The summed E-state index contributed by atoms with van der Waals surface area (Å²) < 4.78 is 38.0. The number of fused-ring (bicyclic) bond motifs is 1. The van der Waals surface area contributed by atoms with Crippen LogP contribution in [0.4, 0.5) is 0 Å². The summed E-state index contributed by atoms with van der Waals surface area (Å²) in [5, 5.41) is 0. The van der Waals surface area contributed by atoms with Gasteiger partial charge in [-0.1, -0.05) is 0 Å². The van der Waals surface area contributed by atoms with Crippen LogP contribution in [0.3, 0.4) is 0 Å². The maximum Gasteiger partial charge on any atom is 0.243 e. The van der Waals surface area contributed by atoms with E-state index in [1.165, 1.54) is 0 Å². The molecule has 1 aliphatic heterocycles. The Hall–Kier alpha value is -1.27. The highest BCUT2D eigenvalue weighted by atomic mass is 32.2. The molecule has 0 radical (unpaired) electrons. The number of ether oxygens (including phenoxy) is 2. The highest BCUT2D eigenvalue weighted by molar-refractivity contribution is 7.89. The Morgan fingerprint density at radius 1 is 1.15 bits per heavy atom. The van der Waals surface area contributed by atoms with Crippen molar-refractivity contribution >= 4 is 10.0 Å². The van der Waals surface area contributed by atoms with E-state index in [2.05, 4.69) is 0 Å². The van der Waals surface area contributed by atoms with Crippen molar-refractivity contribution in [3.8, 4) is 11.5 Å². The predicted octanol–water partition coefficient (Wildman–Crippen LogP) is 2.02. The molecule has 0 N–H and O–H groups in total. The van der Waals surface area contributed by atoms with Crippen molar-refractivity contribution in [2.45, 2.75) is 43.7 Å². The zero-order valence-electron chi connectivity index (χ0n) is 11.7. The number of benzene rings is 1. The van der Waals surface area contributed by atoms with Crippen LogP contribution >= 0.6 is 0 Å². The Bertz CT molecular complexity index is 606. The van der Waals surface area contributed by atoms with Gasteiger partial charge < -0.3 is 9.47 Å². The van der Waals surface area contributed by atoms with Gasteiger partial charge in [0.2, 0.25) is 10.0 Å². The van der Waals surface area contributed by atoms with Crippen LogP contribution in [0, 0.1) is 0 Å². The van der Waals surface area contributed by atoms with E-state index in [1.807, 2.05) is 13.8 Å². The van der Waals surface area contributed by atoms with E-state index in [4.69, 9.17) is 9.47 Å². The molecule has 20 heavy (non-hydrogen) atoms. The first kappa shape index (κ1) is 13.7. The van der Waals surface area contributed by atoms with Crippen LogP contribution in [0.2, 0.25) is 0 Å². The van der Waals surface area contributed by atoms with E-state index in [0.717, 1.165) is 12.8 Å². The van der Waals surface area contributed by atoms with Gasteiger partial charge in [0, 0.05) is 18.2 Å². The fourth-order valence-corrected chi connectivity index (χ4v) is 4.43. The maximum absolute atomic E-state index is 12.8. The van der Waals surface area contributed by atoms with Crippen LogP contribution in [0.25, 0.3) is 0 Å². The topological polar surface area (TPSA) is 55.8 Å². The summed E-state index contributed by atoms with van der Waals surface area (Å²) in [6.45, 7) is 4.77. The van der Waals surface area contributed by atoms with Crippen molar-refractivity contribution in [3.63, 3.8) is 0 Å². The summed E-state index contributed by atoms with van der Waals surface area (Å²) in [5.41, 5.74) is 0. The van der Waals surface area contributed by atoms with Gasteiger partial charge in [-0.25, -0.2) is 8.42 Å². The molecule has 1 heterocycles. The minimum Gasteiger partial charge on any atom is -0.486 e. The number of hydrogen-bond donors (Lipinski definition) is 0. The first-order chi connectivity index (χ1) is 9.50. The number of rotatable bonds is 4. The Kier molecular flexibility index (Phi) is 3.38. The number of nitrogens with zero attached hydrogens (tertiary/aromatic N) is 1. The zero-order valence-corrected chi connectivity index (χ0v) is 12.5. The molecule has 0 aromatic heterocycles. The van der Waals surface area contributed by atoms with Crippen molar-refractivity contribution < 1.29 is 17.9 Å². The van der Waals surface area contributed by atoms with Crippen molar-refractivity contribution in [3.05, 3.63) is 18.2 Å². The average molecular weight is 297 g/mol. The third-order valence-corrected chi connectivity index (χ3v) is 5.63. The molecule has 0 bridgehead atoms. The fraction of sp³-hybridized carbons (Fsp3) is 0.571. The van der Waals surface area contributed by atoms with Crippen LogP contribution in [0.1, 0.15) is 26.7 Å². The van der Waals surface area contributed by atoms with Crippen molar-refractivity contribution in [1.82, 2.24) is 4.31 Å². The Labute approximate surface area is 119 Å². The Balaban J connectivity index is 1.98. The smallest absolute Gasteiger partial charge is 0.243 e.